The van der Waals surface area contributed by atoms with Gasteiger partial charge in [0.25, 0.3) is 0 Å². The Balaban J connectivity index is 2.19. The zero-order chi connectivity index (χ0) is 12.3. The van der Waals surface area contributed by atoms with Gasteiger partial charge in [0.2, 0.25) is 0 Å². The van der Waals surface area contributed by atoms with E-state index in [0.717, 1.165) is 8.81 Å². The van der Waals surface area contributed by atoms with Gasteiger partial charge in [0, 0.05) is 23.3 Å². The number of thiophene rings is 1. The zero-order valence-corrected chi connectivity index (χ0v) is 12.4. The second kappa shape index (κ2) is 5.95. The number of nitrogens with two attached hydrogens (primary N) is 1. The van der Waals surface area contributed by atoms with E-state index in [-0.39, 0.29) is 11.3 Å². The normalized spacial score (nSPS) is 14.5. The summed E-state index contributed by atoms with van der Waals surface area (Å²) in [6, 6.07) is 4.21. The fraction of sp³-hybridized carbons (Fsp3) is 0.273. The highest BCUT2D eigenvalue weighted by Gasteiger charge is 2.20. The SMILES string of the molecule is CC(N)C(Sc1cnccn1)c1ccc(Br)s1. The third-order valence-electron chi connectivity index (χ3n) is 2.14. The van der Waals surface area contributed by atoms with Gasteiger partial charge >= 0.3 is 0 Å². The summed E-state index contributed by atoms with van der Waals surface area (Å²) >= 11 is 6.84. The van der Waals surface area contributed by atoms with E-state index in [1.807, 2.05) is 13.0 Å². The molecule has 0 radical (unpaired) electrons. The van der Waals surface area contributed by atoms with E-state index < -0.39 is 0 Å². The van der Waals surface area contributed by atoms with E-state index in [1.54, 1.807) is 41.7 Å². The lowest BCUT2D eigenvalue weighted by atomic mass is 10.2. The van der Waals surface area contributed by atoms with E-state index in [1.165, 1.54) is 4.88 Å². The summed E-state index contributed by atoms with van der Waals surface area (Å²) in [6.45, 7) is 2.02. The van der Waals surface area contributed by atoms with Crippen LogP contribution in [-0.4, -0.2) is 16.0 Å². The summed E-state index contributed by atoms with van der Waals surface area (Å²) in [5, 5.41) is 1.11. The van der Waals surface area contributed by atoms with Gasteiger partial charge in [-0.05, 0) is 35.0 Å². The van der Waals surface area contributed by atoms with Gasteiger partial charge in [-0.2, -0.15) is 0 Å². The number of thioether (sulfide) groups is 1. The molecule has 0 aliphatic heterocycles. The number of rotatable bonds is 4. The van der Waals surface area contributed by atoms with Crippen LogP contribution in [0.1, 0.15) is 17.1 Å². The molecule has 0 aliphatic rings. The number of halogens is 1. The van der Waals surface area contributed by atoms with Crippen LogP contribution in [0.25, 0.3) is 0 Å². The van der Waals surface area contributed by atoms with Gasteiger partial charge in [-0.25, -0.2) is 4.98 Å². The average Bonchev–Trinajstić information content (AvgIpc) is 2.73. The van der Waals surface area contributed by atoms with Crippen LogP contribution < -0.4 is 5.73 Å². The van der Waals surface area contributed by atoms with E-state index in [0.29, 0.717) is 0 Å². The molecular formula is C11H12BrN3S2. The molecule has 0 saturated carbocycles. The van der Waals surface area contributed by atoms with Crippen molar-refractivity contribution in [1.82, 2.24) is 9.97 Å². The van der Waals surface area contributed by atoms with E-state index in [4.69, 9.17) is 5.73 Å². The highest BCUT2D eigenvalue weighted by molar-refractivity contribution is 9.11. The fourth-order valence-electron chi connectivity index (χ4n) is 1.38. The van der Waals surface area contributed by atoms with Crippen LogP contribution in [0.2, 0.25) is 0 Å². The molecule has 2 aromatic heterocycles. The summed E-state index contributed by atoms with van der Waals surface area (Å²) in [7, 11) is 0. The van der Waals surface area contributed by atoms with Crippen LogP contribution >= 0.6 is 39.0 Å². The minimum atomic E-state index is 0.0626. The van der Waals surface area contributed by atoms with Gasteiger partial charge in [-0.3, -0.25) is 4.98 Å². The van der Waals surface area contributed by atoms with Crippen LogP contribution in [0.5, 0.6) is 0 Å². The van der Waals surface area contributed by atoms with E-state index in [2.05, 4.69) is 32.0 Å². The molecule has 0 bridgehead atoms. The van der Waals surface area contributed by atoms with Gasteiger partial charge in [0.1, 0.15) is 5.03 Å². The Kier molecular flexibility index (Phi) is 4.55. The molecule has 2 rings (SSSR count). The van der Waals surface area contributed by atoms with Gasteiger partial charge < -0.3 is 5.73 Å². The summed E-state index contributed by atoms with van der Waals surface area (Å²) in [5.41, 5.74) is 6.05. The lowest BCUT2D eigenvalue weighted by molar-refractivity contribution is 0.728. The predicted molar refractivity (Wildman–Crippen MR) is 76.3 cm³/mol. The Bertz CT molecular complexity index is 473. The van der Waals surface area contributed by atoms with Crippen LogP contribution in [0, 0.1) is 0 Å². The minimum Gasteiger partial charge on any atom is -0.327 e. The molecule has 0 aliphatic carbocycles. The van der Waals surface area contributed by atoms with Crippen molar-refractivity contribution in [3.05, 3.63) is 39.4 Å². The Labute approximate surface area is 117 Å². The van der Waals surface area contributed by atoms with E-state index >= 15 is 0 Å². The molecule has 0 aromatic carbocycles. The van der Waals surface area contributed by atoms with Crippen molar-refractivity contribution < 1.29 is 0 Å². The first-order chi connectivity index (χ1) is 8.16. The Hall–Kier alpha value is -0.430. The highest BCUT2D eigenvalue weighted by Crippen LogP contribution is 2.40. The Morgan fingerprint density at radius 2 is 2.24 bits per heavy atom. The molecule has 2 atom stereocenters. The first-order valence-electron chi connectivity index (χ1n) is 5.10. The lowest BCUT2D eigenvalue weighted by Gasteiger charge is -2.18. The number of aromatic nitrogens is 2. The average molecular weight is 330 g/mol. The molecule has 0 saturated heterocycles. The summed E-state index contributed by atoms with van der Waals surface area (Å²) < 4.78 is 1.12. The molecule has 0 spiro atoms. The van der Waals surface area contributed by atoms with Crippen molar-refractivity contribution >= 4 is 39.0 Å². The molecule has 2 aromatic rings. The standard InChI is InChI=1S/C11H12BrN3S2/c1-7(13)11(8-2-3-9(12)16-8)17-10-6-14-4-5-15-10/h2-7,11H,13H2,1H3. The monoisotopic (exact) mass is 329 g/mol. The predicted octanol–water partition coefficient (Wildman–Crippen LogP) is 3.48. The zero-order valence-electron chi connectivity index (χ0n) is 9.21. The summed E-state index contributed by atoms with van der Waals surface area (Å²) in [4.78, 5) is 9.59. The maximum Gasteiger partial charge on any atom is 0.115 e. The van der Waals surface area contributed by atoms with Crippen LogP contribution in [0.15, 0.2) is 39.5 Å². The minimum absolute atomic E-state index is 0.0626. The van der Waals surface area contributed by atoms with Crippen LogP contribution in [0.4, 0.5) is 0 Å². The third-order valence-corrected chi connectivity index (χ3v) is 5.38. The van der Waals surface area contributed by atoms with E-state index in [9.17, 15) is 0 Å². The van der Waals surface area contributed by atoms with Gasteiger partial charge in [-0.1, -0.05) is 11.8 Å². The maximum absolute atomic E-state index is 6.05. The smallest absolute Gasteiger partial charge is 0.115 e. The van der Waals surface area contributed by atoms with Crippen molar-refractivity contribution in [2.24, 2.45) is 5.73 Å². The van der Waals surface area contributed by atoms with Crippen LogP contribution in [-0.2, 0) is 0 Å². The molecule has 0 amide bonds. The lowest BCUT2D eigenvalue weighted by Crippen LogP contribution is -2.21. The van der Waals surface area contributed by atoms with Crippen molar-refractivity contribution in [3.63, 3.8) is 0 Å². The fourth-order valence-corrected chi connectivity index (χ4v) is 4.10. The second-order valence-corrected chi connectivity index (χ2v) is 7.24. The molecule has 0 fully saturated rings. The summed E-state index contributed by atoms with van der Waals surface area (Å²) in [6.07, 6.45) is 5.14. The Morgan fingerprint density at radius 1 is 1.41 bits per heavy atom. The van der Waals surface area contributed by atoms with Crippen LogP contribution in [0.3, 0.4) is 0 Å². The molecule has 17 heavy (non-hydrogen) atoms. The third kappa shape index (κ3) is 3.51. The molecule has 2 N–H and O–H groups in total. The summed E-state index contributed by atoms with van der Waals surface area (Å²) in [5.74, 6) is 0. The van der Waals surface area contributed by atoms with Gasteiger partial charge in [0.05, 0.1) is 15.2 Å². The molecule has 3 nitrogen and oxygen atoms in total. The molecule has 90 valence electrons. The quantitative estimate of drug-likeness (QED) is 0.872. The first kappa shape index (κ1) is 13.0. The maximum atomic E-state index is 6.05. The Morgan fingerprint density at radius 3 is 2.76 bits per heavy atom. The van der Waals surface area contributed by atoms with Gasteiger partial charge in [-0.15, -0.1) is 11.3 Å². The molecular weight excluding hydrogens is 318 g/mol. The number of nitrogens with zero attached hydrogens (tertiary/aromatic N) is 2. The van der Waals surface area contributed by atoms with Crippen molar-refractivity contribution in [3.8, 4) is 0 Å². The topological polar surface area (TPSA) is 51.8 Å². The van der Waals surface area contributed by atoms with Crippen molar-refractivity contribution in [2.45, 2.75) is 23.2 Å². The largest absolute Gasteiger partial charge is 0.327 e. The highest BCUT2D eigenvalue weighted by atomic mass is 79.9. The first-order valence-corrected chi connectivity index (χ1v) is 7.59. The van der Waals surface area contributed by atoms with Crippen molar-refractivity contribution in [1.29, 1.82) is 0 Å². The van der Waals surface area contributed by atoms with Crippen molar-refractivity contribution in [2.75, 3.05) is 0 Å². The number of hydrogen-bond donors (Lipinski definition) is 1. The molecule has 6 heteroatoms. The van der Waals surface area contributed by atoms with Gasteiger partial charge in [0.15, 0.2) is 0 Å². The second-order valence-electron chi connectivity index (χ2n) is 3.58. The number of hydrogen-bond acceptors (Lipinski definition) is 5. The molecule has 2 heterocycles. The molecule has 2 unspecified atom stereocenters.